The van der Waals surface area contributed by atoms with Gasteiger partial charge in [0.15, 0.2) is 34.7 Å². The van der Waals surface area contributed by atoms with Crippen LogP contribution in [0.3, 0.4) is 0 Å². The van der Waals surface area contributed by atoms with Gasteiger partial charge in [-0.05, 0) is 64.9 Å². The Kier molecular flexibility index (Phi) is 7.09. The van der Waals surface area contributed by atoms with Gasteiger partial charge >= 0.3 is 0 Å². The van der Waals surface area contributed by atoms with E-state index in [4.69, 9.17) is 5.73 Å². The standard InChI is InChI=1S/C30H34FN5O7/c1-35(2)23-17-10-14-9-16-20(24(38)19(14)26(40)30(17,43)27(41)21(25(23)39)28(32)42)18(37)11-15(22(16)31)12-36-7-3-13(4-8-36)29-33-5-6-34-29/h5-6,11,13-14,17,19,21,23,37,43H,3-4,7-10,12H2,1-2H3,(H2,32,42)(H,33,34)/t14-,17-,19?,21?,23-,30-/m0/s1. The van der Waals surface area contributed by atoms with Crippen molar-refractivity contribution in [1.82, 2.24) is 19.8 Å². The number of piperidine rings is 1. The van der Waals surface area contributed by atoms with Gasteiger partial charge in [-0.1, -0.05) is 0 Å². The van der Waals surface area contributed by atoms with Crippen molar-refractivity contribution in [1.29, 1.82) is 0 Å². The molecule has 3 aliphatic carbocycles. The third kappa shape index (κ3) is 4.35. The molecule has 1 aromatic carbocycles. The van der Waals surface area contributed by atoms with Crippen molar-refractivity contribution in [2.24, 2.45) is 29.4 Å². The van der Waals surface area contributed by atoms with Gasteiger partial charge in [-0.15, -0.1) is 0 Å². The molecule has 12 nitrogen and oxygen atoms in total. The third-order valence-corrected chi connectivity index (χ3v) is 9.96. The van der Waals surface area contributed by atoms with Crippen LogP contribution in [0.25, 0.3) is 0 Å². The SMILES string of the molecule is CN(C)[C@@H]1C(=O)C(C(N)=O)C(=O)[C@@]2(O)C(=O)C3C(=O)c4c(O)cc(CN5CCC(c6ncc[nH]6)CC5)c(F)c4C[C@H]3C[C@@H]12. The van der Waals surface area contributed by atoms with Crippen LogP contribution < -0.4 is 5.73 Å². The number of ketones is 4. The highest BCUT2D eigenvalue weighted by Gasteiger charge is 2.69. The van der Waals surface area contributed by atoms with Gasteiger partial charge in [-0.2, -0.15) is 0 Å². The molecule has 13 heteroatoms. The second kappa shape index (κ2) is 10.4. The number of aromatic nitrogens is 2. The minimum Gasteiger partial charge on any atom is -0.507 e. The van der Waals surface area contributed by atoms with Crippen molar-refractivity contribution in [3.8, 4) is 5.75 Å². The zero-order chi connectivity index (χ0) is 31.0. The van der Waals surface area contributed by atoms with Crippen LogP contribution in [-0.2, 0) is 32.1 Å². The Morgan fingerprint density at radius 2 is 1.91 bits per heavy atom. The van der Waals surface area contributed by atoms with Crippen molar-refractivity contribution in [3.63, 3.8) is 0 Å². The first-order valence-electron chi connectivity index (χ1n) is 14.5. The number of hydrogen-bond donors (Lipinski definition) is 4. The number of phenolic OH excluding ortho intramolecular Hbond substituents is 1. The number of likely N-dealkylation sites (N-methyl/N-ethyl adjacent to an activating group) is 1. The van der Waals surface area contributed by atoms with Crippen LogP contribution >= 0.6 is 0 Å². The molecule has 2 unspecified atom stereocenters. The molecule has 1 aromatic heterocycles. The average Bonchev–Trinajstić information content (AvgIpc) is 3.48. The van der Waals surface area contributed by atoms with E-state index in [0.29, 0.717) is 13.1 Å². The van der Waals surface area contributed by atoms with E-state index >= 15 is 4.39 Å². The van der Waals surface area contributed by atoms with Crippen LogP contribution in [0.1, 0.15) is 52.5 Å². The Morgan fingerprint density at radius 1 is 1.21 bits per heavy atom. The molecule has 228 valence electrons. The highest BCUT2D eigenvalue weighted by Crippen LogP contribution is 2.51. The van der Waals surface area contributed by atoms with Crippen molar-refractivity contribution in [3.05, 3.63) is 46.8 Å². The van der Waals surface area contributed by atoms with Gasteiger partial charge in [0, 0.05) is 41.9 Å². The summed E-state index contributed by atoms with van der Waals surface area (Å²) < 4.78 is 16.1. The fourth-order valence-electron chi connectivity index (χ4n) is 7.93. The summed E-state index contributed by atoms with van der Waals surface area (Å²) in [7, 11) is 3.02. The van der Waals surface area contributed by atoms with Crippen LogP contribution in [0.5, 0.6) is 5.75 Å². The molecular weight excluding hydrogens is 561 g/mol. The number of nitrogens with two attached hydrogens (primary N) is 1. The second-order valence-corrected chi connectivity index (χ2v) is 12.5. The number of Topliss-reactive ketones (excluding diaryl/α,β-unsaturated/α-hetero) is 4. The van der Waals surface area contributed by atoms with Crippen LogP contribution in [0.15, 0.2) is 18.5 Å². The number of nitrogens with zero attached hydrogens (tertiary/aromatic N) is 3. The molecule has 3 fully saturated rings. The van der Waals surface area contributed by atoms with Crippen molar-refractivity contribution < 1.29 is 38.6 Å². The Bertz CT molecular complexity index is 1530. The smallest absolute Gasteiger partial charge is 0.235 e. The largest absolute Gasteiger partial charge is 0.507 e. The van der Waals surface area contributed by atoms with Crippen LogP contribution in [0.2, 0.25) is 0 Å². The minimum absolute atomic E-state index is 0.0187. The van der Waals surface area contributed by atoms with Gasteiger partial charge in [0.25, 0.3) is 0 Å². The number of aliphatic hydroxyl groups is 1. The molecule has 1 saturated heterocycles. The van der Waals surface area contributed by atoms with Gasteiger partial charge in [-0.3, -0.25) is 33.8 Å². The molecule has 43 heavy (non-hydrogen) atoms. The van der Waals surface area contributed by atoms with E-state index in [1.807, 2.05) is 0 Å². The molecule has 0 spiro atoms. The number of H-pyrrole nitrogens is 1. The third-order valence-electron chi connectivity index (χ3n) is 9.96. The second-order valence-electron chi connectivity index (χ2n) is 12.5. The number of carbonyl (C=O) groups is 5. The summed E-state index contributed by atoms with van der Waals surface area (Å²) in [4.78, 5) is 77.2. The number of nitrogens with one attached hydrogen (secondary N) is 1. The maximum atomic E-state index is 16.1. The van der Waals surface area contributed by atoms with Gasteiger partial charge in [0.2, 0.25) is 5.91 Å². The van der Waals surface area contributed by atoms with Gasteiger partial charge in [0.1, 0.15) is 17.4 Å². The molecule has 2 aromatic rings. The van der Waals surface area contributed by atoms with E-state index in [1.165, 1.54) is 25.1 Å². The van der Waals surface area contributed by atoms with Crippen molar-refractivity contribution >= 4 is 29.0 Å². The van der Waals surface area contributed by atoms with Crippen LogP contribution in [-0.4, -0.2) is 97.8 Å². The van der Waals surface area contributed by atoms with Crippen molar-refractivity contribution in [2.45, 2.75) is 49.8 Å². The van der Waals surface area contributed by atoms with E-state index in [0.717, 1.165) is 18.7 Å². The predicted molar refractivity (Wildman–Crippen MR) is 147 cm³/mol. The molecule has 1 aliphatic heterocycles. The maximum absolute atomic E-state index is 16.1. The first-order chi connectivity index (χ1) is 20.4. The molecule has 1 amide bonds. The van der Waals surface area contributed by atoms with Gasteiger partial charge in [0.05, 0.1) is 17.5 Å². The quantitative estimate of drug-likeness (QED) is 0.346. The lowest BCUT2D eigenvalue weighted by molar-refractivity contribution is -0.181. The van der Waals surface area contributed by atoms with E-state index < -0.39 is 75.9 Å². The summed E-state index contributed by atoms with van der Waals surface area (Å²) in [6, 6.07) is -0.0128. The number of imidazole rings is 1. The number of carbonyl (C=O) groups excluding carboxylic acids is 5. The molecule has 0 bridgehead atoms. The summed E-state index contributed by atoms with van der Waals surface area (Å²) in [5.74, 6) is -11.1. The van der Waals surface area contributed by atoms with Gasteiger partial charge < -0.3 is 20.9 Å². The van der Waals surface area contributed by atoms with Gasteiger partial charge in [-0.25, -0.2) is 9.37 Å². The minimum atomic E-state index is -2.81. The highest BCUT2D eigenvalue weighted by molar-refractivity contribution is 6.32. The number of aromatic hydroxyl groups is 1. The molecule has 0 radical (unpaired) electrons. The first-order valence-corrected chi connectivity index (χ1v) is 14.5. The number of hydrogen-bond acceptors (Lipinski definition) is 10. The normalized spacial score (nSPS) is 31.6. The van der Waals surface area contributed by atoms with E-state index in [9.17, 15) is 34.2 Å². The van der Waals surface area contributed by atoms with E-state index in [2.05, 4.69) is 14.9 Å². The predicted octanol–water partition coefficient (Wildman–Crippen LogP) is 0.109. The number of fused-ring (bicyclic) bond motifs is 3. The maximum Gasteiger partial charge on any atom is 0.235 e. The number of phenols is 1. The topological polar surface area (TPSA) is 187 Å². The molecule has 6 atom stereocenters. The molecule has 6 rings (SSSR count). The summed E-state index contributed by atoms with van der Waals surface area (Å²) in [6.45, 7) is 1.57. The number of benzene rings is 1. The summed E-state index contributed by atoms with van der Waals surface area (Å²) in [6.07, 6.45) is 4.89. The van der Waals surface area contributed by atoms with E-state index in [-0.39, 0.29) is 42.0 Å². The first kappa shape index (κ1) is 29.3. The average molecular weight is 596 g/mol. The zero-order valence-corrected chi connectivity index (χ0v) is 23.9. The Morgan fingerprint density at radius 3 is 2.51 bits per heavy atom. The Balaban J connectivity index is 1.31. The fourth-order valence-corrected chi connectivity index (χ4v) is 7.93. The Hall–Kier alpha value is -3.81. The lowest BCUT2D eigenvalue weighted by atomic mass is 9.52. The zero-order valence-electron chi connectivity index (χ0n) is 23.9. The monoisotopic (exact) mass is 595 g/mol. The lowest BCUT2D eigenvalue weighted by Crippen LogP contribution is -2.74. The number of rotatable bonds is 5. The molecule has 2 saturated carbocycles. The lowest BCUT2D eigenvalue weighted by Gasteiger charge is -2.52. The molecular formula is C30H34FN5O7. The number of aromatic amines is 1. The van der Waals surface area contributed by atoms with Crippen LogP contribution in [0.4, 0.5) is 4.39 Å². The fraction of sp³-hybridized carbons (Fsp3) is 0.533. The summed E-state index contributed by atoms with van der Waals surface area (Å²) >= 11 is 0. The number of halogens is 1. The number of amides is 1. The Labute approximate surface area is 246 Å². The molecule has 2 heterocycles. The van der Waals surface area contributed by atoms with E-state index in [1.54, 1.807) is 12.4 Å². The highest BCUT2D eigenvalue weighted by atomic mass is 19.1. The molecule has 5 N–H and O–H groups in total. The summed E-state index contributed by atoms with van der Waals surface area (Å²) in [5.41, 5.74) is 2.38. The summed E-state index contributed by atoms with van der Waals surface area (Å²) in [5, 5.41) is 22.6. The van der Waals surface area contributed by atoms with Crippen molar-refractivity contribution in [2.75, 3.05) is 27.2 Å². The molecule has 4 aliphatic rings. The number of likely N-dealkylation sites (tertiary alicyclic amines) is 1. The number of primary amides is 1. The van der Waals surface area contributed by atoms with Crippen LogP contribution in [0, 0.1) is 29.5 Å².